The highest BCUT2D eigenvalue weighted by molar-refractivity contribution is 6.10. The van der Waals surface area contributed by atoms with Crippen molar-refractivity contribution in [2.45, 2.75) is 0 Å². The summed E-state index contributed by atoms with van der Waals surface area (Å²) in [6.45, 7) is 0. The van der Waals surface area contributed by atoms with Crippen molar-refractivity contribution >= 4 is 16.9 Å². The summed E-state index contributed by atoms with van der Waals surface area (Å²) in [5.74, 6) is 0.0295. The molecule has 0 aliphatic carbocycles. The minimum absolute atomic E-state index is 0.128. The highest BCUT2D eigenvalue weighted by atomic mass is 16.5. The van der Waals surface area contributed by atoms with E-state index in [-0.39, 0.29) is 5.78 Å². The van der Waals surface area contributed by atoms with Crippen molar-refractivity contribution in [1.29, 1.82) is 0 Å². The number of rotatable bonds is 3. The number of H-pyrrole nitrogens is 1. The third kappa shape index (κ3) is 2.09. The van der Waals surface area contributed by atoms with Crippen LogP contribution < -0.4 is 10.5 Å². The van der Waals surface area contributed by atoms with Gasteiger partial charge in [0.05, 0.1) is 12.6 Å². The smallest absolute Gasteiger partial charge is 0.417 e. The summed E-state index contributed by atoms with van der Waals surface area (Å²) >= 11 is 0. The van der Waals surface area contributed by atoms with E-state index in [0.717, 1.165) is 0 Å². The molecule has 0 atom stereocenters. The summed E-state index contributed by atoms with van der Waals surface area (Å²) < 4.78 is 9.95. The molecular weight excluding hydrogens is 258 g/mol. The van der Waals surface area contributed by atoms with E-state index in [1.807, 2.05) is 0 Å². The normalized spacial score (nSPS) is 10.7. The Balaban J connectivity index is 2.00. The minimum Gasteiger partial charge on any atom is -0.497 e. The molecule has 2 aromatic carbocycles. The van der Waals surface area contributed by atoms with Gasteiger partial charge < -0.3 is 9.15 Å². The second-order valence-corrected chi connectivity index (χ2v) is 4.28. The fourth-order valence-electron chi connectivity index (χ4n) is 2.00. The van der Waals surface area contributed by atoms with Crippen LogP contribution in [0.25, 0.3) is 11.1 Å². The van der Waals surface area contributed by atoms with Crippen LogP contribution in [-0.4, -0.2) is 17.9 Å². The number of carbonyl (C=O) groups is 1. The Morgan fingerprint density at radius 3 is 2.50 bits per heavy atom. The second kappa shape index (κ2) is 4.70. The van der Waals surface area contributed by atoms with Crippen molar-refractivity contribution in [3.8, 4) is 5.75 Å². The molecule has 0 saturated carbocycles. The SMILES string of the molecule is COc1ccc(C(=O)c2ccc3oc(=O)[nH]c3c2)cc1. The number of ketones is 1. The maximum atomic E-state index is 12.3. The topological polar surface area (TPSA) is 72.3 Å². The summed E-state index contributed by atoms with van der Waals surface area (Å²) in [7, 11) is 1.57. The van der Waals surface area contributed by atoms with E-state index < -0.39 is 5.76 Å². The third-order valence-electron chi connectivity index (χ3n) is 3.03. The van der Waals surface area contributed by atoms with Gasteiger partial charge in [-0.25, -0.2) is 4.79 Å². The fraction of sp³-hybridized carbons (Fsp3) is 0.0667. The van der Waals surface area contributed by atoms with Crippen molar-refractivity contribution < 1.29 is 13.9 Å². The Hall–Kier alpha value is -2.82. The number of benzene rings is 2. The molecule has 0 unspecified atom stereocenters. The first-order chi connectivity index (χ1) is 9.67. The zero-order valence-corrected chi connectivity index (χ0v) is 10.7. The standard InChI is InChI=1S/C15H11NO4/c1-19-11-5-2-9(3-6-11)14(17)10-4-7-13-12(8-10)16-15(18)20-13/h2-8H,1H3,(H,16,18). The lowest BCUT2D eigenvalue weighted by atomic mass is 10.0. The van der Waals surface area contributed by atoms with Gasteiger partial charge in [0, 0.05) is 11.1 Å². The van der Waals surface area contributed by atoms with Crippen LogP contribution >= 0.6 is 0 Å². The van der Waals surface area contributed by atoms with Crippen molar-refractivity contribution in [2.75, 3.05) is 7.11 Å². The molecule has 0 amide bonds. The van der Waals surface area contributed by atoms with Crippen molar-refractivity contribution in [1.82, 2.24) is 4.98 Å². The van der Waals surface area contributed by atoms with Crippen LogP contribution in [-0.2, 0) is 0 Å². The molecule has 0 aliphatic heterocycles. The van der Waals surface area contributed by atoms with Gasteiger partial charge in [-0.1, -0.05) is 0 Å². The lowest BCUT2D eigenvalue weighted by Gasteiger charge is -2.03. The molecule has 0 aliphatic rings. The molecule has 1 heterocycles. The Labute approximate surface area is 113 Å². The van der Waals surface area contributed by atoms with Crippen LogP contribution in [0.15, 0.2) is 51.7 Å². The van der Waals surface area contributed by atoms with Crippen LogP contribution in [0, 0.1) is 0 Å². The lowest BCUT2D eigenvalue weighted by molar-refractivity contribution is 0.103. The maximum absolute atomic E-state index is 12.3. The van der Waals surface area contributed by atoms with Crippen LogP contribution in [0.2, 0.25) is 0 Å². The van der Waals surface area contributed by atoms with Gasteiger partial charge in [0.1, 0.15) is 5.75 Å². The van der Waals surface area contributed by atoms with E-state index in [1.165, 1.54) is 0 Å². The molecule has 1 aromatic heterocycles. The number of oxazole rings is 1. The molecule has 0 bridgehead atoms. The van der Waals surface area contributed by atoms with E-state index in [1.54, 1.807) is 49.6 Å². The zero-order chi connectivity index (χ0) is 14.1. The Morgan fingerprint density at radius 2 is 1.80 bits per heavy atom. The van der Waals surface area contributed by atoms with E-state index >= 15 is 0 Å². The van der Waals surface area contributed by atoms with Gasteiger partial charge in [-0.15, -0.1) is 0 Å². The quantitative estimate of drug-likeness (QED) is 0.741. The van der Waals surface area contributed by atoms with E-state index in [0.29, 0.717) is 28.0 Å². The first kappa shape index (κ1) is 12.2. The highest BCUT2D eigenvalue weighted by Gasteiger charge is 2.11. The van der Waals surface area contributed by atoms with Gasteiger partial charge in [-0.3, -0.25) is 9.78 Å². The molecule has 0 fully saturated rings. The first-order valence-electron chi connectivity index (χ1n) is 5.99. The molecular formula is C15H11NO4. The van der Waals surface area contributed by atoms with Crippen LogP contribution in [0.3, 0.4) is 0 Å². The van der Waals surface area contributed by atoms with Crippen LogP contribution in [0.5, 0.6) is 5.75 Å². The van der Waals surface area contributed by atoms with Gasteiger partial charge >= 0.3 is 5.76 Å². The molecule has 1 N–H and O–H groups in total. The van der Waals surface area contributed by atoms with Crippen molar-refractivity contribution in [3.63, 3.8) is 0 Å². The van der Waals surface area contributed by atoms with Crippen molar-refractivity contribution in [3.05, 3.63) is 64.1 Å². The van der Waals surface area contributed by atoms with E-state index in [4.69, 9.17) is 9.15 Å². The van der Waals surface area contributed by atoms with Gasteiger partial charge in [-0.2, -0.15) is 0 Å². The molecule has 0 spiro atoms. The Kier molecular flexibility index (Phi) is 2.87. The van der Waals surface area contributed by atoms with Crippen LogP contribution in [0.4, 0.5) is 0 Å². The Morgan fingerprint density at radius 1 is 1.10 bits per heavy atom. The monoisotopic (exact) mass is 269 g/mol. The van der Waals surface area contributed by atoms with E-state index in [9.17, 15) is 9.59 Å². The molecule has 3 aromatic rings. The molecule has 100 valence electrons. The largest absolute Gasteiger partial charge is 0.497 e. The van der Waals surface area contributed by atoms with E-state index in [2.05, 4.69) is 4.98 Å². The molecule has 20 heavy (non-hydrogen) atoms. The van der Waals surface area contributed by atoms with Crippen LogP contribution in [0.1, 0.15) is 15.9 Å². The number of hydrogen-bond donors (Lipinski definition) is 1. The zero-order valence-electron chi connectivity index (χ0n) is 10.7. The number of aromatic nitrogens is 1. The average Bonchev–Trinajstić information content (AvgIpc) is 2.85. The predicted octanol–water partition coefficient (Wildman–Crippen LogP) is 2.36. The number of ether oxygens (including phenoxy) is 1. The molecule has 0 radical (unpaired) electrons. The number of hydrogen-bond acceptors (Lipinski definition) is 4. The van der Waals surface area contributed by atoms with Gasteiger partial charge in [0.15, 0.2) is 11.4 Å². The molecule has 5 heteroatoms. The molecule has 5 nitrogen and oxygen atoms in total. The van der Waals surface area contributed by atoms with Crippen molar-refractivity contribution in [2.24, 2.45) is 0 Å². The number of carbonyl (C=O) groups excluding carboxylic acids is 1. The second-order valence-electron chi connectivity index (χ2n) is 4.28. The summed E-state index contributed by atoms with van der Waals surface area (Å²) in [6.07, 6.45) is 0. The van der Waals surface area contributed by atoms with Gasteiger partial charge in [0.25, 0.3) is 0 Å². The number of aromatic amines is 1. The fourth-order valence-corrected chi connectivity index (χ4v) is 2.00. The molecule has 0 saturated heterocycles. The number of fused-ring (bicyclic) bond motifs is 1. The van der Waals surface area contributed by atoms with Gasteiger partial charge in [-0.05, 0) is 42.5 Å². The molecule has 3 rings (SSSR count). The number of nitrogens with one attached hydrogen (secondary N) is 1. The average molecular weight is 269 g/mol. The summed E-state index contributed by atoms with van der Waals surface area (Å²) in [4.78, 5) is 26.0. The summed E-state index contributed by atoms with van der Waals surface area (Å²) in [5, 5.41) is 0. The maximum Gasteiger partial charge on any atom is 0.417 e. The Bertz CT molecular complexity index is 827. The number of methoxy groups -OCH3 is 1. The first-order valence-corrected chi connectivity index (χ1v) is 5.99. The lowest BCUT2D eigenvalue weighted by Crippen LogP contribution is -2.01. The highest BCUT2D eigenvalue weighted by Crippen LogP contribution is 2.18. The minimum atomic E-state index is -0.533. The summed E-state index contributed by atoms with van der Waals surface area (Å²) in [6, 6.07) is 11.7. The summed E-state index contributed by atoms with van der Waals surface area (Å²) in [5.41, 5.74) is 1.98. The van der Waals surface area contributed by atoms with Gasteiger partial charge in [0.2, 0.25) is 0 Å². The third-order valence-corrected chi connectivity index (χ3v) is 3.03. The predicted molar refractivity (Wildman–Crippen MR) is 73.3 cm³/mol.